The summed E-state index contributed by atoms with van der Waals surface area (Å²) in [5.74, 6) is 0. The van der Waals surface area contributed by atoms with E-state index < -0.39 is 11.7 Å². The van der Waals surface area contributed by atoms with Crippen molar-refractivity contribution in [3.8, 4) is 119 Å². The van der Waals surface area contributed by atoms with Crippen LogP contribution >= 0.6 is 0 Å². The van der Waals surface area contributed by atoms with Crippen LogP contribution in [0.5, 0.6) is 0 Å². The maximum atomic E-state index is 15.1. The Morgan fingerprint density at radius 3 is 0.926 bits per heavy atom. The highest BCUT2D eigenvalue weighted by molar-refractivity contribution is 6.14. The minimum absolute atomic E-state index is 0.0525. The molecule has 0 aliphatic rings. The molecule has 0 saturated carbocycles. The van der Waals surface area contributed by atoms with Crippen molar-refractivity contribution in [2.45, 2.75) is 6.18 Å². The van der Waals surface area contributed by atoms with Gasteiger partial charge in [0.25, 0.3) is 0 Å². The molecule has 0 fully saturated rings. The molecule has 442 valence electrons. The van der Waals surface area contributed by atoms with Gasteiger partial charge in [0.05, 0.1) is 97.2 Å². The fourth-order valence-electron chi connectivity index (χ4n) is 12.9. The lowest BCUT2D eigenvalue weighted by atomic mass is 9.95. The molecule has 16 rings (SSSR count). The lowest BCUT2D eigenvalue weighted by Crippen LogP contribution is -2.07. The number of aromatic nitrogens is 6. The zero-order chi connectivity index (χ0) is 63.4. The van der Waals surface area contributed by atoms with Crippen LogP contribution in [0.15, 0.2) is 297 Å². The maximum Gasteiger partial charge on any atom is 0.415 e. The minimum atomic E-state index is -4.81. The van der Waals surface area contributed by atoms with E-state index in [2.05, 4.69) is 92.8 Å². The molecule has 94 heavy (non-hydrogen) atoms. The molecule has 10 aromatic carbocycles. The molecule has 0 aliphatic carbocycles. The molecule has 6 heterocycles. The summed E-state index contributed by atoms with van der Waals surface area (Å²) in [6, 6.07) is 98.5. The van der Waals surface area contributed by atoms with Gasteiger partial charge in [-0.2, -0.15) is 18.4 Å². The molecule has 0 aliphatic heterocycles. The highest BCUT2D eigenvalue weighted by atomic mass is 19.4. The Bertz CT molecular complexity index is 5470. The third kappa shape index (κ3) is 10.3. The number of rotatable bonds is 11. The van der Waals surface area contributed by atoms with Crippen LogP contribution in [0.1, 0.15) is 11.1 Å². The standard InChI is InChI=1S/C83H49F3N8/c1-88-63-43-60(42-62(49-63)83(84,85)86)68-50-82(94-79-46-58(75-32-16-28-71(91-75)54-22-10-4-11-23-54)36-40-66(79)67-41-37-59(47-80(67)94)76-33-17-29-72(92-76)55-24-12-5-13-25-55)81(48-61(68)51-87)93-77-44-56(73-30-14-26-69(89-73)52-18-6-2-7-19-52)34-38-64(77)65-39-35-57(45-78(65)93)74-31-15-27-70(90-74)53-20-8-3-9-21-53/h2-50H. The molecule has 0 atom stereocenters. The van der Waals surface area contributed by atoms with Gasteiger partial charge in [0.1, 0.15) is 0 Å². The zero-order valence-electron chi connectivity index (χ0n) is 50.0. The number of fused-ring (bicyclic) bond motifs is 6. The van der Waals surface area contributed by atoms with Gasteiger partial charge in [0.2, 0.25) is 0 Å². The summed E-state index contributed by atoms with van der Waals surface area (Å²) in [7, 11) is 0. The largest absolute Gasteiger partial charge is 0.415 e. The van der Waals surface area contributed by atoms with Crippen molar-refractivity contribution in [1.82, 2.24) is 29.1 Å². The molecule has 11 heteroatoms. The van der Waals surface area contributed by atoms with Gasteiger partial charge in [-0.15, -0.1) is 0 Å². The second-order valence-corrected chi connectivity index (χ2v) is 23.1. The SMILES string of the molecule is [C-]#[N+]c1cc(-c2cc(-n3c4cc(-c5cccc(-c6ccccc6)n5)ccc4c4ccc(-c5cccc(-c6ccccc6)n5)cc43)c(-n3c4cc(-c5cccc(-c6ccccc6)n5)ccc4c4ccc(-c5cccc(-c6ccccc6)n5)cc43)cc2C#N)cc(C(F)(F)F)c1. The van der Waals surface area contributed by atoms with E-state index in [9.17, 15) is 5.26 Å². The molecular formula is C83H49F3N8. The molecule has 6 aromatic heterocycles. The topological polar surface area (TPSA) is 89.6 Å². The average molecular weight is 1220 g/mol. The third-order valence-corrected chi connectivity index (χ3v) is 17.4. The van der Waals surface area contributed by atoms with E-state index in [-0.39, 0.29) is 22.4 Å². The van der Waals surface area contributed by atoms with Crippen LogP contribution in [0.4, 0.5) is 18.9 Å². The van der Waals surface area contributed by atoms with Crippen LogP contribution in [0.25, 0.3) is 161 Å². The van der Waals surface area contributed by atoms with Gasteiger partial charge in [-0.1, -0.05) is 194 Å². The molecule has 0 saturated heterocycles. The van der Waals surface area contributed by atoms with Gasteiger partial charge in [0.15, 0.2) is 5.69 Å². The van der Waals surface area contributed by atoms with Crippen molar-refractivity contribution in [3.63, 3.8) is 0 Å². The Morgan fingerprint density at radius 1 is 0.319 bits per heavy atom. The van der Waals surface area contributed by atoms with Crippen molar-refractivity contribution in [2.24, 2.45) is 0 Å². The highest BCUT2D eigenvalue weighted by Crippen LogP contribution is 2.46. The highest BCUT2D eigenvalue weighted by Gasteiger charge is 2.32. The second-order valence-electron chi connectivity index (χ2n) is 23.1. The summed E-state index contributed by atoms with van der Waals surface area (Å²) in [5, 5.41) is 15.2. The Morgan fingerprint density at radius 2 is 0.628 bits per heavy atom. The molecule has 0 spiro atoms. The Kier molecular flexibility index (Phi) is 13.9. The van der Waals surface area contributed by atoms with E-state index in [1.54, 1.807) is 6.07 Å². The molecule has 0 radical (unpaired) electrons. The fraction of sp³-hybridized carbons (Fsp3) is 0.0120. The third-order valence-electron chi connectivity index (χ3n) is 17.4. The van der Waals surface area contributed by atoms with Gasteiger partial charge in [-0.05, 0) is 109 Å². The van der Waals surface area contributed by atoms with Crippen LogP contribution in [-0.2, 0) is 6.18 Å². The molecule has 0 amide bonds. The summed E-state index contributed by atoms with van der Waals surface area (Å²) in [6.45, 7) is 8.06. The summed E-state index contributed by atoms with van der Waals surface area (Å²) in [5.41, 5.74) is 16.4. The van der Waals surface area contributed by atoms with Gasteiger partial charge in [-0.3, -0.25) is 0 Å². The molecular weight excluding hydrogens is 1170 g/mol. The predicted molar refractivity (Wildman–Crippen MR) is 371 cm³/mol. The molecule has 0 unspecified atom stereocenters. The number of nitrogens with zero attached hydrogens (tertiary/aromatic N) is 8. The predicted octanol–water partition coefficient (Wildman–Crippen LogP) is 21.9. The summed E-state index contributed by atoms with van der Waals surface area (Å²) in [4.78, 5) is 24.5. The molecule has 0 bridgehead atoms. The van der Waals surface area contributed by atoms with E-state index in [0.717, 1.165) is 146 Å². The van der Waals surface area contributed by atoms with E-state index in [1.165, 1.54) is 6.07 Å². The second kappa shape index (κ2) is 23.2. The van der Waals surface area contributed by atoms with Gasteiger partial charge in [-0.25, -0.2) is 24.8 Å². The van der Waals surface area contributed by atoms with Crippen LogP contribution < -0.4 is 0 Å². The Labute approximate surface area is 538 Å². The van der Waals surface area contributed by atoms with Crippen LogP contribution in [0.2, 0.25) is 0 Å². The molecule has 0 N–H and O–H groups in total. The number of benzene rings is 10. The first kappa shape index (κ1) is 56.4. The fourth-order valence-corrected chi connectivity index (χ4v) is 12.9. The number of alkyl halides is 3. The first-order valence-corrected chi connectivity index (χ1v) is 30.6. The zero-order valence-corrected chi connectivity index (χ0v) is 50.0. The van der Waals surface area contributed by atoms with E-state index in [1.807, 2.05) is 200 Å². The lowest BCUT2D eigenvalue weighted by molar-refractivity contribution is -0.137. The van der Waals surface area contributed by atoms with Crippen molar-refractivity contribution < 1.29 is 13.2 Å². The van der Waals surface area contributed by atoms with E-state index in [0.29, 0.717) is 11.4 Å². The van der Waals surface area contributed by atoms with Crippen LogP contribution in [-0.4, -0.2) is 29.1 Å². The lowest BCUT2D eigenvalue weighted by Gasteiger charge is -2.21. The smallest absolute Gasteiger partial charge is 0.307 e. The number of pyridine rings is 4. The summed E-state index contributed by atoms with van der Waals surface area (Å²) >= 11 is 0. The van der Waals surface area contributed by atoms with E-state index >= 15 is 13.2 Å². The van der Waals surface area contributed by atoms with Crippen molar-refractivity contribution in [2.75, 3.05) is 0 Å². The maximum absolute atomic E-state index is 15.1. The number of hydrogen-bond acceptors (Lipinski definition) is 5. The summed E-state index contributed by atoms with van der Waals surface area (Å²) in [6.07, 6.45) is -4.81. The summed E-state index contributed by atoms with van der Waals surface area (Å²) < 4.78 is 49.7. The van der Waals surface area contributed by atoms with Crippen LogP contribution in [0.3, 0.4) is 0 Å². The van der Waals surface area contributed by atoms with Gasteiger partial charge < -0.3 is 9.13 Å². The Balaban J connectivity index is 1.03. The first-order valence-electron chi connectivity index (χ1n) is 30.6. The van der Waals surface area contributed by atoms with Crippen molar-refractivity contribution in [1.29, 1.82) is 5.26 Å². The quantitative estimate of drug-likeness (QED) is 0.120. The van der Waals surface area contributed by atoms with Crippen LogP contribution in [0, 0.1) is 17.9 Å². The minimum Gasteiger partial charge on any atom is -0.307 e. The average Bonchev–Trinajstić information content (AvgIpc) is 1.54. The van der Waals surface area contributed by atoms with E-state index in [4.69, 9.17) is 26.5 Å². The Hall–Kier alpha value is -12.8. The number of halogens is 3. The first-order chi connectivity index (χ1) is 46.1. The molecule has 16 aromatic rings. The number of nitriles is 1. The van der Waals surface area contributed by atoms with Crippen molar-refractivity contribution in [3.05, 3.63) is 320 Å². The van der Waals surface area contributed by atoms with Gasteiger partial charge in [0, 0.05) is 77.2 Å². The monoisotopic (exact) mass is 1210 g/mol. The molecule has 8 nitrogen and oxygen atoms in total. The van der Waals surface area contributed by atoms with Gasteiger partial charge >= 0.3 is 6.18 Å². The normalized spacial score (nSPS) is 11.5. The number of hydrogen-bond donors (Lipinski definition) is 0. The van der Waals surface area contributed by atoms with Crippen molar-refractivity contribution >= 4 is 49.3 Å².